The van der Waals surface area contributed by atoms with Gasteiger partial charge in [-0.25, -0.2) is 4.98 Å². The summed E-state index contributed by atoms with van der Waals surface area (Å²) in [5.41, 5.74) is 3.99. The molecule has 4 rings (SSSR count). The van der Waals surface area contributed by atoms with Crippen LogP contribution < -0.4 is 4.90 Å². The van der Waals surface area contributed by atoms with Crippen LogP contribution in [0, 0.1) is 0 Å². The molecular formula is C22H18Cl2N4S. The van der Waals surface area contributed by atoms with Crippen LogP contribution in [0.5, 0.6) is 0 Å². The molecule has 0 bridgehead atoms. The van der Waals surface area contributed by atoms with Gasteiger partial charge in [-0.2, -0.15) is 0 Å². The molecule has 0 aliphatic rings. The number of benzene rings is 3. The molecular weight excluding hydrogens is 423 g/mol. The molecule has 1 heterocycles. The Hall–Kier alpha value is -2.47. The average Bonchev–Trinajstić information content (AvgIpc) is 3.13. The predicted molar refractivity (Wildman–Crippen MR) is 123 cm³/mol. The summed E-state index contributed by atoms with van der Waals surface area (Å²) in [6, 6.07) is 22.1. The third kappa shape index (κ3) is 4.75. The zero-order chi connectivity index (χ0) is 20.2. The normalized spacial score (nSPS) is 11.4. The van der Waals surface area contributed by atoms with Crippen molar-refractivity contribution >= 4 is 61.3 Å². The highest BCUT2D eigenvalue weighted by Gasteiger charge is 2.08. The summed E-state index contributed by atoms with van der Waals surface area (Å²) in [5, 5.41) is 10.2. The van der Waals surface area contributed by atoms with Crippen LogP contribution in [0.25, 0.3) is 10.2 Å². The lowest BCUT2D eigenvalue weighted by molar-refractivity contribution is 0.832. The monoisotopic (exact) mass is 440 g/mol. The Morgan fingerprint density at radius 2 is 1.66 bits per heavy atom. The molecule has 0 aliphatic heterocycles. The van der Waals surface area contributed by atoms with Gasteiger partial charge in [-0.3, -0.25) is 0 Å². The molecule has 0 aliphatic carbocycles. The SMILES string of the molecule is CCN(Cc1ccccc1)c1ccc(N=Nc2nc3cc(Cl)c(Cl)cc3s2)cc1. The van der Waals surface area contributed by atoms with Crippen LogP contribution in [-0.2, 0) is 6.54 Å². The number of azo groups is 1. The van der Waals surface area contributed by atoms with Gasteiger partial charge in [0, 0.05) is 18.8 Å². The van der Waals surface area contributed by atoms with Crippen molar-refractivity contribution in [1.29, 1.82) is 0 Å². The Morgan fingerprint density at radius 3 is 2.38 bits per heavy atom. The minimum Gasteiger partial charge on any atom is -0.367 e. The van der Waals surface area contributed by atoms with Crippen molar-refractivity contribution in [3.05, 3.63) is 82.3 Å². The van der Waals surface area contributed by atoms with Crippen molar-refractivity contribution in [1.82, 2.24) is 4.98 Å². The number of anilines is 1. The van der Waals surface area contributed by atoms with Gasteiger partial charge in [0.05, 0.1) is 25.9 Å². The molecule has 0 radical (unpaired) electrons. The van der Waals surface area contributed by atoms with Crippen molar-refractivity contribution in [2.75, 3.05) is 11.4 Å². The van der Waals surface area contributed by atoms with E-state index >= 15 is 0 Å². The number of hydrogen-bond acceptors (Lipinski definition) is 5. The van der Waals surface area contributed by atoms with Crippen LogP contribution >= 0.6 is 34.5 Å². The van der Waals surface area contributed by atoms with E-state index in [0.717, 1.165) is 34.7 Å². The lowest BCUT2D eigenvalue weighted by Crippen LogP contribution is -2.21. The van der Waals surface area contributed by atoms with E-state index in [2.05, 4.69) is 63.4 Å². The van der Waals surface area contributed by atoms with Gasteiger partial charge in [0.15, 0.2) is 0 Å². The van der Waals surface area contributed by atoms with Gasteiger partial charge in [-0.1, -0.05) is 64.9 Å². The second-order valence-corrected chi connectivity index (χ2v) is 8.27. The van der Waals surface area contributed by atoms with Crippen LogP contribution in [0.1, 0.15) is 12.5 Å². The maximum absolute atomic E-state index is 6.06. The Labute approximate surface area is 183 Å². The first-order valence-corrected chi connectivity index (χ1v) is 10.8. The molecule has 0 saturated carbocycles. The molecule has 0 spiro atoms. The third-order valence-corrected chi connectivity index (χ3v) is 6.11. The second-order valence-electron chi connectivity index (χ2n) is 6.45. The maximum atomic E-state index is 6.06. The Kier molecular flexibility index (Phi) is 6.09. The van der Waals surface area contributed by atoms with E-state index < -0.39 is 0 Å². The Balaban J connectivity index is 1.48. The standard InChI is InChI=1S/C22H18Cl2N4S/c1-2-28(14-15-6-4-3-5-7-15)17-10-8-16(9-11-17)26-27-22-25-20-12-18(23)19(24)13-21(20)29-22/h3-13H,2,14H2,1H3. The number of hydrogen-bond donors (Lipinski definition) is 0. The zero-order valence-corrected chi connectivity index (χ0v) is 18.0. The number of halogens is 2. The van der Waals surface area contributed by atoms with E-state index in [0.29, 0.717) is 15.2 Å². The minimum absolute atomic E-state index is 0.486. The average molecular weight is 441 g/mol. The lowest BCUT2D eigenvalue weighted by atomic mass is 10.2. The molecule has 146 valence electrons. The summed E-state index contributed by atoms with van der Waals surface area (Å²) >= 11 is 13.5. The molecule has 4 aromatic rings. The van der Waals surface area contributed by atoms with Gasteiger partial charge < -0.3 is 4.90 Å². The van der Waals surface area contributed by atoms with Gasteiger partial charge in [-0.15, -0.1) is 10.2 Å². The van der Waals surface area contributed by atoms with E-state index in [1.807, 2.05) is 18.2 Å². The molecule has 0 saturated heterocycles. The fraction of sp³-hybridized carbons (Fsp3) is 0.136. The highest BCUT2D eigenvalue weighted by Crippen LogP contribution is 2.34. The summed E-state index contributed by atoms with van der Waals surface area (Å²) in [6.45, 7) is 3.95. The summed E-state index contributed by atoms with van der Waals surface area (Å²) in [5.74, 6) is 0. The topological polar surface area (TPSA) is 40.9 Å². The summed E-state index contributed by atoms with van der Waals surface area (Å²) in [7, 11) is 0. The molecule has 0 amide bonds. The van der Waals surface area contributed by atoms with Gasteiger partial charge in [-0.05, 0) is 48.9 Å². The van der Waals surface area contributed by atoms with Gasteiger partial charge in [0.1, 0.15) is 0 Å². The third-order valence-electron chi connectivity index (χ3n) is 4.48. The molecule has 7 heteroatoms. The molecule has 4 nitrogen and oxygen atoms in total. The second kappa shape index (κ2) is 8.91. The number of aromatic nitrogens is 1. The van der Waals surface area contributed by atoms with E-state index in [4.69, 9.17) is 23.2 Å². The van der Waals surface area contributed by atoms with Crippen molar-refractivity contribution < 1.29 is 0 Å². The fourth-order valence-corrected chi connectivity index (χ4v) is 4.17. The quantitative estimate of drug-likeness (QED) is 0.284. The van der Waals surface area contributed by atoms with Gasteiger partial charge in [0.25, 0.3) is 0 Å². The largest absolute Gasteiger partial charge is 0.367 e. The van der Waals surface area contributed by atoms with E-state index in [9.17, 15) is 0 Å². The van der Waals surface area contributed by atoms with Crippen LogP contribution in [0.15, 0.2) is 77.0 Å². The molecule has 0 fully saturated rings. The van der Waals surface area contributed by atoms with E-state index in [1.165, 1.54) is 16.9 Å². The van der Waals surface area contributed by atoms with Crippen molar-refractivity contribution in [2.24, 2.45) is 10.2 Å². The number of fused-ring (bicyclic) bond motifs is 1. The molecule has 3 aromatic carbocycles. The van der Waals surface area contributed by atoms with E-state index in [-0.39, 0.29) is 0 Å². The summed E-state index contributed by atoms with van der Waals surface area (Å²) < 4.78 is 0.934. The molecule has 29 heavy (non-hydrogen) atoms. The van der Waals surface area contributed by atoms with Crippen molar-refractivity contribution in [3.63, 3.8) is 0 Å². The summed E-state index contributed by atoms with van der Waals surface area (Å²) in [4.78, 5) is 6.76. The Morgan fingerprint density at radius 1 is 0.931 bits per heavy atom. The van der Waals surface area contributed by atoms with Crippen molar-refractivity contribution in [2.45, 2.75) is 13.5 Å². The predicted octanol–water partition coefficient (Wildman–Crippen LogP) is 8.05. The molecule has 0 atom stereocenters. The highest BCUT2D eigenvalue weighted by molar-refractivity contribution is 7.22. The van der Waals surface area contributed by atoms with E-state index in [1.54, 1.807) is 12.1 Å². The number of thiazole rings is 1. The smallest absolute Gasteiger partial charge is 0.231 e. The van der Waals surface area contributed by atoms with Crippen LogP contribution in [-0.4, -0.2) is 11.5 Å². The van der Waals surface area contributed by atoms with Gasteiger partial charge in [0.2, 0.25) is 5.13 Å². The van der Waals surface area contributed by atoms with Gasteiger partial charge >= 0.3 is 0 Å². The number of nitrogens with zero attached hydrogens (tertiary/aromatic N) is 4. The fourth-order valence-electron chi connectivity index (χ4n) is 2.97. The Bertz CT molecular complexity index is 1100. The molecule has 0 N–H and O–H groups in total. The first-order valence-electron chi connectivity index (χ1n) is 9.18. The maximum Gasteiger partial charge on any atom is 0.231 e. The first kappa shape index (κ1) is 19.8. The molecule has 1 aromatic heterocycles. The van der Waals surface area contributed by atoms with Crippen LogP contribution in [0.2, 0.25) is 10.0 Å². The molecule has 0 unspecified atom stereocenters. The van der Waals surface area contributed by atoms with Crippen molar-refractivity contribution in [3.8, 4) is 0 Å². The number of rotatable bonds is 6. The lowest BCUT2D eigenvalue weighted by Gasteiger charge is -2.23. The first-order chi connectivity index (χ1) is 14.1. The van der Waals surface area contributed by atoms with Crippen LogP contribution in [0.4, 0.5) is 16.5 Å². The van der Waals surface area contributed by atoms with Crippen LogP contribution in [0.3, 0.4) is 0 Å². The highest BCUT2D eigenvalue weighted by atomic mass is 35.5. The minimum atomic E-state index is 0.486. The summed E-state index contributed by atoms with van der Waals surface area (Å²) in [6.07, 6.45) is 0. The zero-order valence-electron chi connectivity index (χ0n) is 15.7.